The molecular formula is C14H20N2O2. The van der Waals surface area contributed by atoms with Gasteiger partial charge in [0, 0.05) is 18.7 Å². The number of benzene rings is 1. The molecule has 1 aromatic rings. The standard InChI is InChI=1S/C14H20N2O2/c1-18-13-6-2-5-12(11-13)14(17)16-9-3-7-15-8-4-10-16/h2,5-6,11,15H,3-4,7-10H2,1H3. The molecule has 1 aliphatic heterocycles. The number of carbonyl (C=O) groups is 1. The Morgan fingerprint density at radius 1 is 1.28 bits per heavy atom. The van der Waals surface area contributed by atoms with Crippen LogP contribution in [0.3, 0.4) is 0 Å². The van der Waals surface area contributed by atoms with Crippen molar-refractivity contribution in [2.45, 2.75) is 12.8 Å². The van der Waals surface area contributed by atoms with Crippen LogP contribution in [0.1, 0.15) is 23.2 Å². The van der Waals surface area contributed by atoms with Gasteiger partial charge in [0.2, 0.25) is 0 Å². The minimum atomic E-state index is 0.107. The number of hydrogen-bond acceptors (Lipinski definition) is 3. The summed E-state index contributed by atoms with van der Waals surface area (Å²) in [6, 6.07) is 7.37. The third-order valence-electron chi connectivity index (χ3n) is 3.17. The van der Waals surface area contributed by atoms with Gasteiger partial charge in [-0.25, -0.2) is 0 Å². The van der Waals surface area contributed by atoms with E-state index in [0.717, 1.165) is 44.8 Å². The van der Waals surface area contributed by atoms with Crippen LogP contribution < -0.4 is 10.1 Å². The van der Waals surface area contributed by atoms with Gasteiger partial charge in [-0.2, -0.15) is 0 Å². The monoisotopic (exact) mass is 248 g/mol. The van der Waals surface area contributed by atoms with Crippen molar-refractivity contribution >= 4 is 5.91 Å². The van der Waals surface area contributed by atoms with Crippen LogP contribution in [0.4, 0.5) is 0 Å². The van der Waals surface area contributed by atoms with Crippen LogP contribution in [0.5, 0.6) is 5.75 Å². The SMILES string of the molecule is COc1cccc(C(=O)N2CCCNCCC2)c1. The zero-order chi connectivity index (χ0) is 12.8. The highest BCUT2D eigenvalue weighted by Crippen LogP contribution is 2.15. The highest BCUT2D eigenvalue weighted by molar-refractivity contribution is 5.94. The summed E-state index contributed by atoms with van der Waals surface area (Å²) in [6.07, 6.45) is 2.02. The Morgan fingerprint density at radius 3 is 2.67 bits per heavy atom. The second kappa shape index (κ2) is 6.40. The van der Waals surface area contributed by atoms with Crippen LogP contribution in [0.25, 0.3) is 0 Å². The summed E-state index contributed by atoms with van der Waals surface area (Å²) >= 11 is 0. The predicted octanol–water partition coefficient (Wildman–Crippen LogP) is 1.52. The van der Waals surface area contributed by atoms with Crippen molar-refractivity contribution < 1.29 is 9.53 Å². The molecule has 1 aliphatic rings. The van der Waals surface area contributed by atoms with Crippen molar-refractivity contribution in [3.05, 3.63) is 29.8 Å². The van der Waals surface area contributed by atoms with Gasteiger partial charge in [0.25, 0.3) is 5.91 Å². The molecule has 1 fully saturated rings. The first-order valence-corrected chi connectivity index (χ1v) is 6.45. The van der Waals surface area contributed by atoms with Crippen molar-refractivity contribution in [1.82, 2.24) is 10.2 Å². The average Bonchev–Trinajstić information content (AvgIpc) is 2.38. The summed E-state index contributed by atoms with van der Waals surface area (Å²) in [5.41, 5.74) is 0.711. The van der Waals surface area contributed by atoms with E-state index >= 15 is 0 Å². The van der Waals surface area contributed by atoms with Crippen LogP contribution in [0, 0.1) is 0 Å². The van der Waals surface area contributed by atoms with Gasteiger partial charge < -0.3 is 15.0 Å². The second-order valence-electron chi connectivity index (χ2n) is 4.48. The molecule has 98 valence electrons. The zero-order valence-electron chi connectivity index (χ0n) is 10.8. The van der Waals surface area contributed by atoms with Crippen molar-refractivity contribution in [2.24, 2.45) is 0 Å². The topological polar surface area (TPSA) is 41.6 Å². The Bertz CT molecular complexity index is 399. The number of ether oxygens (including phenoxy) is 1. The van der Waals surface area contributed by atoms with E-state index in [-0.39, 0.29) is 5.91 Å². The quantitative estimate of drug-likeness (QED) is 0.863. The van der Waals surface area contributed by atoms with E-state index in [1.165, 1.54) is 0 Å². The molecule has 0 spiro atoms. The summed E-state index contributed by atoms with van der Waals surface area (Å²) in [4.78, 5) is 14.3. The number of methoxy groups -OCH3 is 1. The van der Waals surface area contributed by atoms with E-state index in [2.05, 4.69) is 5.32 Å². The Hall–Kier alpha value is -1.55. The molecule has 0 atom stereocenters. The molecule has 1 heterocycles. The number of carbonyl (C=O) groups excluding carboxylic acids is 1. The lowest BCUT2D eigenvalue weighted by Crippen LogP contribution is -2.38. The maximum absolute atomic E-state index is 12.4. The summed E-state index contributed by atoms with van der Waals surface area (Å²) in [7, 11) is 1.62. The lowest BCUT2D eigenvalue weighted by molar-refractivity contribution is 0.0745. The largest absolute Gasteiger partial charge is 0.497 e. The number of nitrogens with zero attached hydrogens (tertiary/aromatic N) is 1. The molecule has 4 nitrogen and oxygen atoms in total. The van der Waals surface area contributed by atoms with E-state index in [9.17, 15) is 4.79 Å². The molecule has 1 amide bonds. The maximum atomic E-state index is 12.4. The molecule has 0 aromatic heterocycles. The van der Waals surface area contributed by atoms with Crippen LogP contribution in [-0.4, -0.2) is 44.1 Å². The van der Waals surface area contributed by atoms with Crippen LogP contribution in [0.15, 0.2) is 24.3 Å². The molecule has 1 N–H and O–H groups in total. The Morgan fingerprint density at radius 2 is 2.00 bits per heavy atom. The molecule has 0 radical (unpaired) electrons. The summed E-state index contributed by atoms with van der Waals surface area (Å²) in [6.45, 7) is 3.62. The lowest BCUT2D eigenvalue weighted by Gasteiger charge is -2.25. The minimum Gasteiger partial charge on any atom is -0.497 e. The first-order chi connectivity index (χ1) is 8.81. The normalized spacial score (nSPS) is 16.8. The third kappa shape index (κ3) is 3.23. The van der Waals surface area contributed by atoms with Gasteiger partial charge in [0.1, 0.15) is 5.75 Å². The zero-order valence-corrected chi connectivity index (χ0v) is 10.8. The Balaban J connectivity index is 2.08. The lowest BCUT2D eigenvalue weighted by atomic mass is 10.1. The average molecular weight is 248 g/mol. The molecule has 0 saturated carbocycles. The molecule has 0 bridgehead atoms. The number of hydrogen-bond donors (Lipinski definition) is 1. The molecule has 0 aliphatic carbocycles. The molecule has 0 unspecified atom stereocenters. The van der Waals surface area contributed by atoms with Gasteiger partial charge in [-0.15, -0.1) is 0 Å². The fourth-order valence-corrected chi connectivity index (χ4v) is 2.17. The first kappa shape index (κ1) is 12.9. The first-order valence-electron chi connectivity index (χ1n) is 6.45. The smallest absolute Gasteiger partial charge is 0.253 e. The van der Waals surface area contributed by atoms with E-state index < -0.39 is 0 Å². The van der Waals surface area contributed by atoms with Crippen molar-refractivity contribution in [3.8, 4) is 5.75 Å². The number of amides is 1. The molecule has 1 aromatic carbocycles. The molecule has 1 saturated heterocycles. The highest BCUT2D eigenvalue weighted by Gasteiger charge is 2.16. The van der Waals surface area contributed by atoms with Crippen LogP contribution in [-0.2, 0) is 0 Å². The van der Waals surface area contributed by atoms with Crippen LogP contribution >= 0.6 is 0 Å². The van der Waals surface area contributed by atoms with E-state index in [4.69, 9.17) is 4.74 Å². The number of nitrogens with one attached hydrogen (secondary N) is 1. The van der Waals surface area contributed by atoms with E-state index in [1.54, 1.807) is 13.2 Å². The predicted molar refractivity (Wildman–Crippen MR) is 71.0 cm³/mol. The van der Waals surface area contributed by atoms with E-state index in [1.807, 2.05) is 23.1 Å². The van der Waals surface area contributed by atoms with Gasteiger partial charge in [-0.1, -0.05) is 6.07 Å². The van der Waals surface area contributed by atoms with Gasteiger partial charge in [0.15, 0.2) is 0 Å². The number of rotatable bonds is 2. The van der Waals surface area contributed by atoms with Crippen molar-refractivity contribution in [1.29, 1.82) is 0 Å². The van der Waals surface area contributed by atoms with Crippen molar-refractivity contribution in [3.63, 3.8) is 0 Å². The van der Waals surface area contributed by atoms with Gasteiger partial charge in [-0.3, -0.25) is 4.79 Å². The van der Waals surface area contributed by atoms with Crippen LogP contribution in [0.2, 0.25) is 0 Å². The maximum Gasteiger partial charge on any atom is 0.253 e. The Labute approximate surface area is 108 Å². The highest BCUT2D eigenvalue weighted by atomic mass is 16.5. The molecule has 18 heavy (non-hydrogen) atoms. The fourth-order valence-electron chi connectivity index (χ4n) is 2.17. The second-order valence-corrected chi connectivity index (χ2v) is 4.48. The summed E-state index contributed by atoms with van der Waals surface area (Å²) in [5, 5.41) is 3.35. The molecule has 4 heteroatoms. The molecule has 2 rings (SSSR count). The van der Waals surface area contributed by atoms with E-state index in [0.29, 0.717) is 5.56 Å². The minimum absolute atomic E-state index is 0.107. The molecular weight excluding hydrogens is 228 g/mol. The Kier molecular flexibility index (Phi) is 4.59. The summed E-state index contributed by atoms with van der Waals surface area (Å²) < 4.78 is 5.16. The summed E-state index contributed by atoms with van der Waals surface area (Å²) in [5.74, 6) is 0.838. The van der Waals surface area contributed by atoms with Crippen molar-refractivity contribution in [2.75, 3.05) is 33.3 Å². The van der Waals surface area contributed by atoms with Gasteiger partial charge >= 0.3 is 0 Å². The van der Waals surface area contributed by atoms with Gasteiger partial charge in [0.05, 0.1) is 7.11 Å². The third-order valence-corrected chi connectivity index (χ3v) is 3.17. The van der Waals surface area contributed by atoms with Gasteiger partial charge in [-0.05, 0) is 44.1 Å². The fraction of sp³-hybridized carbons (Fsp3) is 0.500.